The molecule has 0 unspecified atom stereocenters. The monoisotopic (exact) mass is 416 g/mol. The molecule has 7 heteroatoms. The molecule has 2 aromatic carbocycles. The summed E-state index contributed by atoms with van der Waals surface area (Å²) < 4.78 is 0. The number of anilines is 2. The molecule has 0 saturated carbocycles. The van der Waals surface area contributed by atoms with Crippen LogP contribution in [0.5, 0.6) is 0 Å². The van der Waals surface area contributed by atoms with Gasteiger partial charge in [-0.05, 0) is 29.3 Å². The normalized spacial score (nSPS) is 11.8. The van der Waals surface area contributed by atoms with Crippen LogP contribution in [0.2, 0.25) is 0 Å². The van der Waals surface area contributed by atoms with Crippen LogP contribution in [0, 0.1) is 0 Å². The minimum Gasteiger partial charge on any atom is -0.394 e. The number of hydrogen-bond acceptors (Lipinski definition) is 6. The molecule has 0 radical (unpaired) electrons. The first kappa shape index (κ1) is 19.8. The van der Waals surface area contributed by atoms with Crippen LogP contribution in [0.25, 0.3) is 21.3 Å². The maximum Gasteiger partial charge on any atom is 0.247 e. The molecule has 6 nitrogen and oxygen atoms in total. The molecule has 1 atom stereocenters. The van der Waals surface area contributed by atoms with Crippen LogP contribution < -0.4 is 10.6 Å². The number of fused-ring (bicyclic) bond motifs is 1. The van der Waals surface area contributed by atoms with Gasteiger partial charge in [0.1, 0.15) is 17.0 Å². The van der Waals surface area contributed by atoms with Crippen molar-refractivity contribution in [1.29, 1.82) is 0 Å². The highest BCUT2D eigenvalue weighted by molar-refractivity contribution is 7.17. The van der Waals surface area contributed by atoms with Crippen LogP contribution in [0.1, 0.15) is 11.6 Å². The molecule has 0 aliphatic carbocycles. The predicted octanol–water partition coefficient (Wildman–Crippen LogP) is 4.63. The molecule has 2 aromatic heterocycles. The lowest BCUT2D eigenvalue weighted by Crippen LogP contribution is -2.15. The molecule has 0 aliphatic heterocycles. The number of aliphatic hydroxyl groups excluding tert-OH is 1. The highest BCUT2D eigenvalue weighted by atomic mass is 32.1. The van der Waals surface area contributed by atoms with Crippen LogP contribution >= 0.6 is 11.3 Å². The van der Waals surface area contributed by atoms with Gasteiger partial charge < -0.3 is 15.7 Å². The van der Waals surface area contributed by atoms with Gasteiger partial charge in [0.2, 0.25) is 5.91 Å². The number of aromatic nitrogens is 2. The molecule has 0 saturated heterocycles. The van der Waals surface area contributed by atoms with E-state index in [1.54, 1.807) is 0 Å². The van der Waals surface area contributed by atoms with Crippen molar-refractivity contribution in [3.05, 3.63) is 84.5 Å². The van der Waals surface area contributed by atoms with Crippen molar-refractivity contribution in [2.24, 2.45) is 0 Å². The number of rotatable bonds is 7. The lowest BCUT2D eigenvalue weighted by Gasteiger charge is -2.18. The van der Waals surface area contributed by atoms with Crippen LogP contribution in [0.3, 0.4) is 0 Å². The molecule has 4 rings (SSSR count). The Morgan fingerprint density at radius 3 is 2.77 bits per heavy atom. The zero-order valence-corrected chi connectivity index (χ0v) is 16.9. The second kappa shape index (κ2) is 8.86. The fourth-order valence-corrected chi connectivity index (χ4v) is 4.16. The molecular weight excluding hydrogens is 396 g/mol. The summed E-state index contributed by atoms with van der Waals surface area (Å²) in [6.45, 7) is 3.42. The van der Waals surface area contributed by atoms with E-state index in [2.05, 4.69) is 27.2 Å². The Morgan fingerprint density at radius 1 is 1.17 bits per heavy atom. The number of hydrogen-bond donors (Lipinski definition) is 3. The fraction of sp³-hybridized carbons (Fsp3) is 0.0870. The first-order chi connectivity index (χ1) is 14.7. The Kier molecular flexibility index (Phi) is 5.83. The van der Waals surface area contributed by atoms with E-state index in [1.165, 1.54) is 23.7 Å². The van der Waals surface area contributed by atoms with Crippen LogP contribution in [0.15, 0.2) is 79.0 Å². The quantitative estimate of drug-likeness (QED) is 0.383. The van der Waals surface area contributed by atoms with E-state index < -0.39 is 0 Å². The minimum absolute atomic E-state index is 0.0714. The summed E-state index contributed by atoms with van der Waals surface area (Å²) in [5.41, 5.74) is 3.54. The first-order valence-electron chi connectivity index (χ1n) is 9.38. The van der Waals surface area contributed by atoms with Gasteiger partial charge in [0.25, 0.3) is 0 Å². The Bertz CT molecular complexity index is 1190. The number of carbonyl (C=O) groups is 1. The van der Waals surface area contributed by atoms with Gasteiger partial charge in [-0.25, -0.2) is 9.97 Å². The Morgan fingerprint density at radius 2 is 2.00 bits per heavy atom. The van der Waals surface area contributed by atoms with Gasteiger partial charge in [0.05, 0.1) is 18.0 Å². The van der Waals surface area contributed by atoms with Crippen molar-refractivity contribution in [3.8, 4) is 11.1 Å². The third-order valence-corrected chi connectivity index (χ3v) is 5.58. The zero-order valence-electron chi connectivity index (χ0n) is 16.1. The maximum atomic E-state index is 11.7. The number of aliphatic hydroxyl groups is 1. The van der Waals surface area contributed by atoms with E-state index in [4.69, 9.17) is 0 Å². The first-order valence-corrected chi connectivity index (χ1v) is 10.3. The Labute approximate surface area is 177 Å². The summed E-state index contributed by atoms with van der Waals surface area (Å²) >= 11 is 1.52. The third-order valence-electron chi connectivity index (χ3n) is 4.69. The third kappa shape index (κ3) is 4.07. The van der Waals surface area contributed by atoms with E-state index in [-0.39, 0.29) is 18.6 Å². The molecule has 3 N–H and O–H groups in total. The lowest BCUT2D eigenvalue weighted by atomic mass is 10.0. The van der Waals surface area contributed by atoms with Gasteiger partial charge in [-0.2, -0.15) is 0 Å². The van der Waals surface area contributed by atoms with Gasteiger partial charge >= 0.3 is 0 Å². The molecule has 0 spiro atoms. The van der Waals surface area contributed by atoms with Crippen molar-refractivity contribution in [1.82, 2.24) is 9.97 Å². The smallest absolute Gasteiger partial charge is 0.247 e. The van der Waals surface area contributed by atoms with E-state index in [1.807, 2.05) is 60.0 Å². The molecule has 2 heterocycles. The fourth-order valence-electron chi connectivity index (χ4n) is 3.24. The van der Waals surface area contributed by atoms with Gasteiger partial charge in [-0.3, -0.25) is 4.79 Å². The number of carbonyl (C=O) groups excluding carboxylic acids is 1. The molecular formula is C23H20N4O2S. The molecule has 1 amide bonds. The standard InChI is InChI=1S/C23H20N4O2S/c1-2-20(29)26-17-10-6-9-16(11-17)18-13-30-23-21(18)22(24-14-25-23)27-19(12-28)15-7-4-3-5-8-15/h2-11,13-14,19,28H,1,12H2,(H,26,29)(H,24,25,27)/t19-/m1/s1. The Balaban J connectivity index is 1.74. The number of amides is 1. The van der Waals surface area contributed by atoms with Crippen molar-refractivity contribution < 1.29 is 9.90 Å². The lowest BCUT2D eigenvalue weighted by molar-refractivity contribution is -0.111. The van der Waals surface area contributed by atoms with Gasteiger partial charge in [0, 0.05) is 16.6 Å². The largest absolute Gasteiger partial charge is 0.394 e. The molecule has 4 aromatic rings. The second-order valence-electron chi connectivity index (χ2n) is 6.62. The average Bonchev–Trinajstić information content (AvgIpc) is 3.23. The van der Waals surface area contributed by atoms with Crippen LogP contribution in [-0.2, 0) is 4.79 Å². The van der Waals surface area contributed by atoms with Crippen molar-refractivity contribution in [2.45, 2.75) is 6.04 Å². The van der Waals surface area contributed by atoms with Crippen molar-refractivity contribution >= 4 is 39.0 Å². The number of nitrogens with zero attached hydrogens (tertiary/aromatic N) is 2. The van der Waals surface area contributed by atoms with Crippen molar-refractivity contribution in [2.75, 3.05) is 17.2 Å². The molecule has 30 heavy (non-hydrogen) atoms. The zero-order chi connectivity index (χ0) is 20.9. The van der Waals surface area contributed by atoms with Gasteiger partial charge in [-0.15, -0.1) is 11.3 Å². The van der Waals surface area contributed by atoms with E-state index in [0.29, 0.717) is 11.5 Å². The molecule has 0 aliphatic rings. The van der Waals surface area contributed by atoms with Gasteiger partial charge in [0.15, 0.2) is 0 Å². The number of benzene rings is 2. The summed E-state index contributed by atoms with van der Waals surface area (Å²) in [6, 6.07) is 17.0. The second-order valence-corrected chi connectivity index (χ2v) is 7.47. The predicted molar refractivity (Wildman–Crippen MR) is 122 cm³/mol. The summed E-state index contributed by atoms with van der Waals surface area (Å²) in [7, 11) is 0. The Hall–Kier alpha value is -3.55. The molecule has 0 fully saturated rings. The maximum absolute atomic E-state index is 11.7. The molecule has 150 valence electrons. The topological polar surface area (TPSA) is 87.1 Å². The SMILES string of the molecule is C=CC(=O)Nc1cccc(-c2csc3ncnc(N[C@H](CO)c4ccccc4)c23)c1. The summed E-state index contributed by atoms with van der Waals surface area (Å²) in [4.78, 5) is 21.3. The van der Waals surface area contributed by atoms with E-state index >= 15 is 0 Å². The minimum atomic E-state index is -0.296. The highest BCUT2D eigenvalue weighted by Crippen LogP contribution is 2.38. The van der Waals surface area contributed by atoms with Crippen LogP contribution in [-0.4, -0.2) is 27.6 Å². The van der Waals surface area contributed by atoms with Crippen LogP contribution in [0.4, 0.5) is 11.5 Å². The number of thiophene rings is 1. The van der Waals surface area contributed by atoms with Gasteiger partial charge in [-0.1, -0.05) is 49.0 Å². The summed E-state index contributed by atoms with van der Waals surface area (Å²) in [5.74, 6) is 0.390. The van der Waals surface area contributed by atoms with E-state index in [0.717, 1.165) is 26.9 Å². The summed E-state index contributed by atoms with van der Waals surface area (Å²) in [5, 5.41) is 19.0. The molecule has 0 bridgehead atoms. The summed E-state index contributed by atoms with van der Waals surface area (Å²) in [6.07, 6.45) is 2.76. The highest BCUT2D eigenvalue weighted by Gasteiger charge is 2.17. The van der Waals surface area contributed by atoms with E-state index in [9.17, 15) is 9.90 Å². The van der Waals surface area contributed by atoms with Crippen molar-refractivity contribution in [3.63, 3.8) is 0 Å². The number of nitrogens with one attached hydrogen (secondary N) is 2. The average molecular weight is 417 g/mol.